The predicted octanol–water partition coefficient (Wildman–Crippen LogP) is 1.44. The van der Waals surface area contributed by atoms with Crippen molar-refractivity contribution in [1.82, 2.24) is 0 Å². The predicted molar refractivity (Wildman–Crippen MR) is 62.1 cm³/mol. The fourth-order valence-electron chi connectivity index (χ4n) is 1.55. The van der Waals surface area contributed by atoms with E-state index in [0.717, 1.165) is 18.2 Å². The first kappa shape index (κ1) is 15.3. The number of hydrogen-bond donors (Lipinski definition) is 2. The van der Waals surface area contributed by atoms with Crippen molar-refractivity contribution < 1.29 is 23.6 Å². The number of nitro groups is 1. The first-order chi connectivity index (χ1) is 8.70. The summed E-state index contributed by atoms with van der Waals surface area (Å²) < 4.78 is 27.0. The molecule has 1 aromatic carbocycles. The molecule has 19 heavy (non-hydrogen) atoms. The summed E-state index contributed by atoms with van der Waals surface area (Å²) in [5.74, 6) is -7.56. The Morgan fingerprint density at radius 2 is 2.16 bits per heavy atom. The highest BCUT2D eigenvalue weighted by Crippen LogP contribution is 2.38. The van der Waals surface area contributed by atoms with Crippen LogP contribution in [0.2, 0.25) is 5.02 Å². The molecule has 0 aliphatic rings. The van der Waals surface area contributed by atoms with Gasteiger partial charge in [-0.05, 0) is 11.6 Å². The Bertz CT molecular complexity index is 524. The number of primary amides is 1. The highest BCUT2D eigenvalue weighted by atomic mass is 35.5. The van der Waals surface area contributed by atoms with Crippen molar-refractivity contribution in [1.29, 1.82) is 0 Å². The van der Waals surface area contributed by atoms with Crippen molar-refractivity contribution in [3.63, 3.8) is 0 Å². The molecular weight excluding hydrogens is 286 g/mol. The molecule has 0 aromatic heterocycles. The summed E-state index contributed by atoms with van der Waals surface area (Å²) in [4.78, 5) is 20.9. The normalized spacial score (nSPS) is 13.1. The number of nitrogens with two attached hydrogens (primary N) is 1. The first-order valence-corrected chi connectivity index (χ1v) is 5.30. The van der Waals surface area contributed by atoms with Gasteiger partial charge in [0.15, 0.2) is 0 Å². The van der Waals surface area contributed by atoms with E-state index in [1.807, 2.05) is 0 Å². The number of carbonyl (C=O) groups is 1. The zero-order valence-electron chi connectivity index (χ0n) is 9.35. The highest BCUT2D eigenvalue weighted by molar-refractivity contribution is 6.31. The molecule has 0 radical (unpaired) electrons. The second-order valence-electron chi connectivity index (χ2n) is 3.72. The quantitative estimate of drug-likeness (QED) is 0.633. The van der Waals surface area contributed by atoms with Crippen molar-refractivity contribution in [2.75, 3.05) is 6.61 Å². The van der Waals surface area contributed by atoms with E-state index in [1.165, 1.54) is 0 Å². The van der Waals surface area contributed by atoms with E-state index in [0.29, 0.717) is 0 Å². The fraction of sp³-hybridized carbons (Fsp3) is 0.300. The number of aliphatic hydroxyl groups excluding tert-OH is 1. The number of benzene rings is 1. The maximum absolute atomic E-state index is 13.5. The molecule has 0 fully saturated rings. The highest BCUT2D eigenvalue weighted by Gasteiger charge is 2.45. The van der Waals surface area contributed by atoms with Crippen LogP contribution in [0.5, 0.6) is 0 Å². The first-order valence-electron chi connectivity index (χ1n) is 4.92. The van der Waals surface area contributed by atoms with E-state index in [9.17, 15) is 23.7 Å². The van der Waals surface area contributed by atoms with Crippen LogP contribution in [-0.2, 0) is 4.79 Å². The summed E-state index contributed by atoms with van der Waals surface area (Å²) in [6.45, 7) is -1.64. The van der Waals surface area contributed by atoms with Crippen LogP contribution in [0.1, 0.15) is 11.5 Å². The van der Waals surface area contributed by atoms with E-state index in [1.54, 1.807) is 0 Å². The number of alkyl halides is 2. The minimum Gasteiger partial charge on any atom is -0.390 e. The maximum Gasteiger partial charge on any atom is 0.286 e. The smallest absolute Gasteiger partial charge is 0.286 e. The molecule has 6 nitrogen and oxygen atoms in total. The molecule has 1 aromatic rings. The number of hydrogen-bond acceptors (Lipinski definition) is 4. The molecule has 0 bridgehead atoms. The van der Waals surface area contributed by atoms with Gasteiger partial charge >= 0.3 is 0 Å². The summed E-state index contributed by atoms with van der Waals surface area (Å²) in [7, 11) is 0. The lowest BCUT2D eigenvalue weighted by Crippen LogP contribution is -2.39. The van der Waals surface area contributed by atoms with Gasteiger partial charge in [-0.25, -0.2) is 8.78 Å². The summed E-state index contributed by atoms with van der Waals surface area (Å²) in [6.07, 6.45) is 0. The van der Waals surface area contributed by atoms with E-state index < -0.39 is 40.5 Å². The molecule has 3 N–H and O–H groups in total. The van der Waals surface area contributed by atoms with Crippen molar-refractivity contribution in [3.8, 4) is 0 Å². The minimum absolute atomic E-state index is 0.275. The summed E-state index contributed by atoms with van der Waals surface area (Å²) in [5.41, 5.74) is 3.85. The van der Waals surface area contributed by atoms with Gasteiger partial charge in [0, 0.05) is 17.2 Å². The minimum atomic E-state index is -3.87. The molecular formula is C10H9ClF2N2O4. The van der Waals surface area contributed by atoms with E-state index >= 15 is 0 Å². The third-order valence-corrected chi connectivity index (χ3v) is 2.76. The molecule has 9 heteroatoms. The van der Waals surface area contributed by atoms with Crippen LogP contribution in [0.25, 0.3) is 0 Å². The van der Waals surface area contributed by atoms with Crippen LogP contribution in [0.3, 0.4) is 0 Å². The summed E-state index contributed by atoms with van der Waals surface area (Å²) >= 11 is 5.66. The lowest BCUT2D eigenvalue weighted by atomic mass is 9.91. The van der Waals surface area contributed by atoms with Gasteiger partial charge < -0.3 is 10.8 Å². The van der Waals surface area contributed by atoms with Crippen molar-refractivity contribution >= 4 is 23.2 Å². The van der Waals surface area contributed by atoms with Gasteiger partial charge in [-0.1, -0.05) is 11.6 Å². The molecule has 0 saturated heterocycles. The number of nitrogens with zero attached hydrogens (tertiary/aromatic N) is 1. The zero-order valence-corrected chi connectivity index (χ0v) is 10.1. The zero-order chi connectivity index (χ0) is 14.8. The average molecular weight is 295 g/mol. The fourth-order valence-corrected chi connectivity index (χ4v) is 1.77. The monoisotopic (exact) mass is 294 g/mol. The lowest BCUT2D eigenvalue weighted by Gasteiger charge is -2.23. The van der Waals surface area contributed by atoms with Gasteiger partial charge in [0.25, 0.3) is 11.6 Å². The van der Waals surface area contributed by atoms with Gasteiger partial charge in [-0.15, -0.1) is 0 Å². The van der Waals surface area contributed by atoms with Crippen LogP contribution in [0.4, 0.5) is 14.5 Å². The number of carbonyl (C=O) groups excluding carboxylic acids is 1. The van der Waals surface area contributed by atoms with Gasteiger partial charge in [-0.3, -0.25) is 14.9 Å². The van der Waals surface area contributed by atoms with Crippen molar-refractivity contribution in [2.24, 2.45) is 5.73 Å². The molecule has 0 saturated carbocycles. The largest absolute Gasteiger partial charge is 0.390 e. The van der Waals surface area contributed by atoms with E-state index in [2.05, 4.69) is 0 Å². The maximum atomic E-state index is 13.5. The third kappa shape index (κ3) is 3.15. The van der Waals surface area contributed by atoms with Crippen LogP contribution in [0, 0.1) is 10.1 Å². The van der Waals surface area contributed by atoms with E-state index in [-0.39, 0.29) is 5.02 Å². The van der Waals surface area contributed by atoms with Crippen LogP contribution < -0.4 is 5.73 Å². The number of non-ortho nitro benzene ring substituents is 1. The SMILES string of the molecule is NC(=O)C(c1cc([N+](=O)[O-])ccc1Cl)C(F)(F)CO. The molecule has 0 heterocycles. The Hall–Kier alpha value is -1.80. The number of amides is 1. The van der Waals surface area contributed by atoms with Crippen LogP contribution >= 0.6 is 11.6 Å². The van der Waals surface area contributed by atoms with Gasteiger partial charge in [0.2, 0.25) is 5.91 Å². The topological polar surface area (TPSA) is 106 Å². The average Bonchev–Trinajstić information content (AvgIpc) is 2.30. The van der Waals surface area contributed by atoms with E-state index in [4.69, 9.17) is 22.4 Å². The molecule has 104 valence electrons. The van der Waals surface area contributed by atoms with Crippen LogP contribution in [-0.4, -0.2) is 28.5 Å². The molecule has 0 aliphatic heterocycles. The van der Waals surface area contributed by atoms with Gasteiger partial charge in [-0.2, -0.15) is 0 Å². The number of rotatable bonds is 5. The summed E-state index contributed by atoms with van der Waals surface area (Å²) in [5, 5.41) is 18.9. The molecule has 0 spiro atoms. The van der Waals surface area contributed by atoms with Crippen molar-refractivity contribution in [3.05, 3.63) is 38.9 Å². The lowest BCUT2D eigenvalue weighted by molar-refractivity contribution is -0.384. The molecule has 0 aliphatic carbocycles. The Morgan fingerprint density at radius 3 is 2.58 bits per heavy atom. The second kappa shape index (κ2) is 5.45. The Morgan fingerprint density at radius 1 is 1.58 bits per heavy atom. The van der Waals surface area contributed by atoms with Gasteiger partial charge in [0.1, 0.15) is 12.5 Å². The molecule has 1 amide bonds. The Kier molecular flexibility index (Phi) is 4.38. The number of halogens is 3. The second-order valence-corrected chi connectivity index (χ2v) is 4.12. The Labute approximate surface area is 110 Å². The Balaban J connectivity index is 3.42. The standard InChI is InChI=1S/C10H9ClF2N2O4/c11-7-2-1-5(15(18)19)3-6(7)8(9(14)17)10(12,13)4-16/h1-3,8,16H,4H2,(H2,14,17). The number of nitro benzene ring substituents is 1. The van der Waals surface area contributed by atoms with Crippen LogP contribution in [0.15, 0.2) is 18.2 Å². The van der Waals surface area contributed by atoms with Crippen molar-refractivity contribution in [2.45, 2.75) is 11.8 Å². The number of aliphatic hydroxyl groups is 1. The van der Waals surface area contributed by atoms with Gasteiger partial charge in [0.05, 0.1) is 4.92 Å². The molecule has 1 atom stereocenters. The molecule has 1 rings (SSSR count). The summed E-state index contributed by atoms with van der Waals surface area (Å²) in [6, 6.07) is 2.75. The third-order valence-electron chi connectivity index (χ3n) is 2.42. The molecule has 1 unspecified atom stereocenters.